The van der Waals surface area contributed by atoms with Crippen molar-refractivity contribution in [3.8, 4) is 0 Å². The summed E-state index contributed by atoms with van der Waals surface area (Å²) in [5.74, 6) is 0.332. The minimum absolute atomic E-state index is 0.0643. The third-order valence-electron chi connectivity index (χ3n) is 3.05. The Kier molecular flexibility index (Phi) is 4.77. The number of rotatable bonds is 5. The Morgan fingerprint density at radius 1 is 1.38 bits per heavy atom. The summed E-state index contributed by atoms with van der Waals surface area (Å²) >= 11 is 0. The van der Waals surface area contributed by atoms with E-state index in [2.05, 4.69) is 10.3 Å². The van der Waals surface area contributed by atoms with Gasteiger partial charge in [0.15, 0.2) is 0 Å². The Balaban J connectivity index is 2.04. The van der Waals surface area contributed by atoms with Gasteiger partial charge in [-0.2, -0.15) is 0 Å². The van der Waals surface area contributed by atoms with Crippen molar-refractivity contribution in [1.29, 1.82) is 0 Å². The van der Waals surface area contributed by atoms with Crippen LogP contribution in [0.3, 0.4) is 0 Å². The summed E-state index contributed by atoms with van der Waals surface area (Å²) in [7, 11) is 0. The Labute approximate surface area is 124 Å². The standard InChI is InChI=1S/C16H19N3O2/c1-3-21-16(20)13-7-8-15(18-10-13)19-11(2)12-5-4-6-14(17)9-12/h4-11H,3,17H2,1-2H3,(H,18,19). The number of nitrogens with zero attached hydrogens (tertiary/aromatic N) is 1. The summed E-state index contributed by atoms with van der Waals surface area (Å²) in [6.07, 6.45) is 1.51. The van der Waals surface area contributed by atoms with Crippen molar-refractivity contribution in [2.45, 2.75) is 19.9 Å². The van der Waals surface area contributed by atoms with Gasteiger partial charge in [0.05, 0.1) is 18.2 Å². The lowest BCUT2D eigenvalue weighted by atomic mass is 10.1. The molecule has 0 amide bonds. The molecule has 0 radical (unpaired) electrons. The van der Waals surface area contributed by atoms with Gasteiger partial charge < -0.3 is 15.8 Å². The summed E-state index contributed by atoms with van der Waals surface area (Å²) in [6.45, 7) is 4.15. The first-order valence-electron chi connectivity index (χ1n) is 6.85. The number of carbonyl (C=O) groups excluding carboxylic acids is 1. The Morgan fingerprint density at radius 3 is 2.81 bits per heavy atom. The molecule has 5 nitrogen and oxygen atoms in total. The lowest BCUT2D eigenvalue weighted by Crippen LogP contribution is -2.09. The molecule has 1 aromatic heterocycles. The average molecular weight is 285 g/mol. The number of carbonyl (C=O) groups is 1. The molecule has 2 aromatic rings. The molecule has 0 saturated carbocycles. The molecule has 3 N–H and O–H groups in total. The monoisotopic (exact) mass is 285 g/mol. The molecule has 0 fully saturated rings. The van der Waals surface area contributed by atoms with Gasteiger partial charge in [-0.3, -0.25) is 0 Å². The normalized spacial score (nSPS) is 11.7. The van der Waals surface area contributed by atoms with Crippen LogP contribution < -0.4 is 11.1 Å². The van der Waals surface area contributed by atoms with Crippen LogP contribution in [-0.4, -0.2) is 17.6 Å². The zero-order valence-electron chi connectivity index (χ0n) is 12.2. The topological polar surface area (TPSA) is 77.2 Å². The first kappa shape index (κ1) is 14.8. The van der Waals surface area contributed by atoms with E-state index in [0.717, 1.165) is 11.3 Å². The van der Waals surface area contributed by atoms with Crippen molar-refractivity contribution in [2.75, 3.05) is 17.7 Å². The summed E-state index contributed by atoms with van der Waals surface area (Å²) in [6, 6.07) is 11.2. The highest BCUT2D eigenvalue weighted by molar-refractivity contribution is 5.89. The second-order valence-electron chi connectivity index (χ2n) is 4.69. The second-order valence-corrected chi connectivity index (χ2v) is 4.69. The number of anilines is 2. The molecule has 1 aromatic carbocycles. The number of benzene rings is 1. The van der Waals surface area contributed by atoms with E-state index in [0.29, 0.717) is 18.0 Å². The lowest BCUT2D eigenvalue weighted by Gasteiger charge is -2.15. The number of esters is 1. The average Bonchev–Trinajstić information content (AvgIpc) is 2.48. The van der Waals surface area contributed by atoms with E-state index >= 15 is 0 Å². The first-order chi connectivity index (χ1) is 10.1. The first-order valence-corrected chi connectivity index (χ1v) is 6.85. The molecular weight excluding hydrogens is 266 g/mol. The lowest BCUT2D eigenvalue weighted by molar-refractivity contribution is 0.0526. The van der Waals surface area contributed by atoms with Crippen LogP contribution in [0.2, 0.25) is 0 Å². The number of pyridine rings is 1. The fourth-order valence-electron chi connectivity index (χ4n) is 1.95. The minimum Gasteiger partial charge on any atom is -0.462 e. The van der Waals surface area contributed by atoms with E-state index in [1.165, 1.54) is 6.20 Å². The van der Waals surface area contributed by atoms with Crippen LogP contribution in [-0.2, 0) is 4.74 Å². The van der Waals surface area contributed by atoms with Crippen LogP contribution in [0.15, 0.2) is 42.6 Å². The van der Waals surface area contributed by atoms with Gasteiger partial charge in [-0.15, -0.1) is 0 Å². The second kappa shape index (κ2) is 6.74. The van der Waals surface area contributed by atoms with Crippen molar-refractivity contribution in [1.82, 2.24) is 4.98 Å². The smallest absolute Gasteiger partial charge is 0.339 e. The molecule has 1 atom stereocenters. The van der Waals surface area contributed by atoms with E-state index in [-0.39, 0.29) is 12.0 Å². The number of ether oxygens (including phenoxy) is 1. The van der Waals surface area contributed by atoms with E-state index < -0.39 is 0 Å². The predicted octanol–water partition coefficient (Wildman–Crippen LogP) is 3.01. The molecular formula is C16H19N3O2. The van der Waals surface area contributed by atoms with Gasteiger partial charge in [-0.25, -0.2) is 9.78 Å². The number of hydrogen-bond acceptors (Lipinski definition) is 5. The van der Waals surface area contributed by atoms with Crippen LogP contribution in [0.25, 0.3) is 0 Å². The Hall–Kier alpha value is -2.56. The zero-order chi connectivity index (χ0) is 15.2. The van der Waals surface area contributed by atoms with Crippen LogP contribution >= 0.6 is 0 Å². The van der Waals surface area contributed by atoms with Crippen LogP contribution in [0.1, 0.15) is 35.8 Å². The third kappa shape index (κ3) is 3.95. The highest BCUT2D eigenvalue weighted by Gasteiger charge is 2.09. The SMILES string of the molecule is CCOC(=O)c1ccc(NC(C)c2cccc(N)c2)nc1. The van der Waals surface area contributed by atoms with Gasteiger partial charge in [-0.1, -0.05) is 12.1 Å². The number of nitrogens with one attached hydrogen (secondary N) is 1. The molecule has 0 spiro atoms. The number of nitrogens with two attached hydrogens (primary N) is 1. The van der Waals surface area contributed by atoms with Crippen molar-refractivity contribution in [2.24, 2.45) is 0 Å². The van der Waals surface area contributed by atoms with E-state index in [1.54, 1.807) is 19.1 Å². The van der Waals surface area contributed by atoms with Gasteiger partial charge in [-0.05, 0) is 43.7 Å². The molecule has 5 heteroatoms. The fraction of sp³-hybridized carbons (Fsp3) is 0.250. The highest BCUT2D eigenvalue weighted by atomic mass is 16.5. The number of hydrogen-bond donors (Lipinski definition) is 2. The Bertz CT molecular complexity index is 611. The quantitative estimate of drug-likeness (QED) is 0.652. The maximum absolute atomic E-state index is 11.5. The van der Waals surface area contributed by atoms with Crippen LogP contribution in [0.4, 0.5) is 11.5 Å². The van der Waals surface area contributed by atoms with Gasteiger partial charge in [0.2, 0.25) is 0 Å². The summed E-state index contributed by atoms with van der Waals surface area (Å²) in [5, 5.41) is 3.26. The Morgan fingerprint density at radius 2 is 2.19 bits per heavy atom. The van der Waals surface area contributed by atoms with Crippen molar-refractivity contribution >= 4 is 17.5 Å². The number of nitrogen functional groups attached to an aromatic ring is 1. The molecule has 2 rings (SSSR count). The third-order valence-corrected chi connectivity index (χ3v) is 3.05. The predicted molar refractivity (Wildman–Crippen MR) is 83.1 cm³/mol. The van der Waals surface area contributed by atoms with E-state index in [1.807, 2.05) is 31.2 Å². The maximum Gasteiger partial charge on any atom is 0.339 e. The minimum atomic E-state index is -0.361. The van der Waals surface area contributed by atoms with Crippen LogP contribution in [0.5, 0.6) is 0 Å². The van der Waals surface area contributed by atoms with Crippen LogP contribution in [0, 0.1) is 0 Å². The number of aromatic nitrogens is 1. The van der Waals surface area contributed by atoms with E-state index in [4.69, 9.17) is 10.5 Å². The largest absolute Gasteiger partial charge is 0.462 e. The molecule has 1 unspecified atom stereocenters. The fourth-order valence-corrected chi connectivity index (χ4v) is 1.95. The molecule has 0 aliphatic heterocycles. The van der Waals surface area contributed by atoms with Gasteiger partial charge in [0.25, 0.3) is 0 Å². The molecule has 110 valence electrons. The zero-order valence-corrected chi connectivity index (χ0v) is 12.2. The summed E-state index contributed by atoms with van der Waals surface area (Å²) < 4.78 is 4.92. The maximum atomic E-state index is 11.5. The molecule has 0 bridgehead atoms. The van der Waals surface area contributed by atoms with Crippen molar-refractivity contribution in [3.05, 3.63) is 53.7 Å². The van der Waals surface area contributed by atoms with E-state index in [9.17, 15) is 4.79 Å². The molecule has 21 heavy (non-hydrogen) atoms. The molecule has 0 saturated heterocycles. The van der Waals surface area contributed by atoms with Crippen molar-refractivity contribution in [3.63, 3.8) is 0 Å². The highest BCUT2D eigenvalue weighted by Crippen LogP contribution is 2.19. The van der Waals surface area contributed by atoms with Gasteiger partial charge in [0, 0.05) is 11.9 Å². The molecule has 0 aliphatic carbocycles. The van der Waals surface area contributed by atoms with Gasteiger partial charge >= 0.3 is 5.97 Å². The summed E-state index contributed by atoms with van der Waals surface area (Å²) in [5.41, 5.74) is 8.02. The summed E-state index contributed by atoms with van der Waals surface area (Å²) in [4.78, 5) is 15.8. The molecule has 0 aliphatic rings. The van der Waals surface area contributed by atoms with Gasteiger partial charge in [0.1, 0.15) is 5.82 Å². The molecule has 1 heterocycles. The van der Waals surface area contributed by atoms with Crippen molar-refractivity contribution < 1.29 is 9.53 Å².